The molecule has 3 heterocycles. The average molecular weight is 437 g/mol. The van der Waals surface area contributed by atoms with E-state index in [2.05, 4.69) is 26.0 Å². The summed E-state index contributed by atoms with van der Waals surface area (Å²) in [5, 5.41) is 0. The molecule has 6 nitrogen and oxygen atoms in total. The van der Waals surface area contributed by atoms with Crippen LogP contribution in [0.5, 0.6) is 0 Å². The summed E-state index contributed by atoms with van der Waals surface area (Å²) in [4.78, 5) is 41.8. The van der Waals surface area contributed by atoms with Crippen molar-refractivity contribution in [2.24, 2.45) is 17.8 Å². The van der Waals surface area contributed by atoms with Crippen molar-refractivity contribution in [3.8, 4) is 0 Å². The molecule has 1 aromatic heterocycles. The summed E-state index contributed by atoms with van der Waals surface area (Å²) >= 11 is 0. The molecular weight excluding hydrogens is 404 g/mol. The summed E-state index contributed by atoms with van der Waals surface area (Å²) in [6, 6.07) is 11.6. The molecule has 0 saturated carbocycles. The molecule has 170 valence electrons. The number of piperidine rings is 1. The fourth-order valence-electron chi connectivity index (χ4n) is 4.81. The molecule has 2 aliphatic heterocycles. The predicted molar refractivity (Wildman–Crippen MR) is 121 cm³/mol. The van der Waals surface area contributed by atoms with Crippen LogP contribution in [0.15, 0.2) is 47.1 Å². The first-order valence-corrected chi connectivity index (χ1v) is 11.6. The van der Waals surface area contributed by atoms with Crippen molar-refractivity contribution >= 4 is 17.6 Å². The number of furan rings is 1. The van der Waals surface area contributed by atoms with Gasteiger partial charge >= 0.3 is 0 Å². The lowest BCUT2D eigenvalue weighted by Gasteiger charge is -2.33. The highest BCUT2D eigenvalue weighted by Crippen LogP contribution is 2.27. The van der Waals surface area contributed by atoms with Gasteiger partial charge in [-0.1, -0.05) is 38.1 Å². The van der Waals surface area contributed by atoms with E-state index in [0.29, 0.717) is 44.9 Å². The molecule has 0 radical (unpaired) electrons. The second kappa shape index (κ2) is 9.72. The van der Waals surface area contributed by atoms with Crippen LogP contribution in [0.1, 0.15) is 54.8 Å². The third-order valence-electron chi connectivity index (χ3n) is 6.55. The molecule has 1 atom stereocenters. The van der Waals surface area contributed by atoms with Crippen LogP contribution in [-0.2, 0) is 22.6 Å². The normalized spacial score (nSPS) is 19.7. The van der Waals surface area contributed by atoms with E-state index in [9.17, 15) is 14.4 Å². The van der Waals surface area contributed by atoms with E-state index < -0.39 is 0 Å². The minimum absolute atomic E-state index is 0.00859. The average Bonchev–Trinajstić information content (AvgIpc) is 3.43. The summed E-state index contributed by atoms with van der Waals surface area (Å²) in [5.74, 6) is 1.16. The fourth-order valence-corrected chi connectivity index (χ4v) is 4.81. The summed E-state index contributed by atoms with van der Waals surface area (Å²) in [7, 11) is 0. The summed E-state index contributed by atoms with van der Waals surface area (Å²) in [6.07, 6.45) is 4.20. The molecule has 0 spiro atoms. The molecule has 2 aliphatic rings. The molecule has 2 amide bonds. The van der Waals surface area contributed by atoms with Crippen LogP contribution in [0.25, 0.3) is 0 Å². The van der Waals surface area contributed by atoms with E-state index >= 15 is 0 Å². The van der Waals surface area contributed by atoms with Crippen LogP contribution in [0.2, 0.25) is 0 Å². The molecule has 2 aromatic rings. The minimum Gasteiger partial charge on any atom is -0.467 e. The first-order chi connectivity index (χ1) is 15.4. The molecule has 1 unspecified atom stereocenters. The number of hydrogen-bond donors (Lipinski definition) is 0. The molecule has 6 heteroatoms. The topological polar surface area (TPSA) is 70.8 Å². The van der Waals surface area contributed by atoms with Gasteiger partial charge in [-0.25, -0.2) is 0 Å². The Morgan fingerprint density at radius 2 is 1.78 bits per heavy atom. The third kappa shape index (κ3) is 5.12. The SMILES string of the molecule is CC(C)Cc1ccc(C(=O)C2CCN(C(=O)C3CC(=O)N(Cc4ccco4)C3)CC2)cc1. The Labute approximate surface area is 189 Å². The first kappa shape index (κ1) is 22.3. The van der Waals surface area contributed by atoms with Gasteiger partial charge in [0.2, 0.25) is 11.8 Å². The molecule has 0 aliphatic carbocycles. The van der Waals surface area contributed by atoms with Gasteiger partial charge < -0.3 is 14.2 Å². The zero-order chi connectivity index (χ0) is 22.7. The van der Waals surface area contributed by atoms with Crippen molar-refractivity contribution in [2.75, 3.05) is 19.6 Å². The van der Waals surface area contributed by atoms with Gasteiger partial charge in [0.05, 0.1) is 18.7 Å². The van der Waals surface area contributed by atoms with Crippen molar-refractivity contribution in [1.29, 1.82) is 0 Å². The first-order valence-electron chi connectivity index (χ1n) is 11.6. The number of benzene rings is 1. The van der Waals surface area contributed by atoms with Crippen molar-refractivity contribution in [3.63, 3.8) is 0 Å². The second-order valence-corrected chi connectivity index (χ2v) is 9.51. The van der Waals surface area contributed by atoms with E-state index in [4.69, 9.17) is 4.42 Å². The van der Waals surface area contributed by atoms with Gasteiger partial charge in [0, 0.05) is 37.5 Å². The fraction of sp³-hybridized carbons (Fsp3) is 0.500. The smallest absolute Gasteiger partial charge is 0.227 e. The zero-order valence-electron chi connectivity index (χ0n) is 19.0. The summed E-state index contributed by atoms with van der Waals surface area (Å²) in [6.45, 7) is 6.35. The molecular formula is C26H32N2O4. The van der Waals surface area contributed by atoms with Gasteiger partial charge in [0.1, 0.15) is 5.76 Å². The van der Waals surface area contributed by atoms with Crippen molar-refractivity contribution in [3.05, 3.63) is 59.5 Å². The minimum atomic E-state index is -0.307. The molecule has 0 N–H and O–H groups in total. The van der Waals surface area contributed by atoms with Gasteiger partial charge in [0.15, 0.2) is 5.78 Å². The number of ketones is 1. The lowest BCUT2D eigenvalue weighted by atomic mass is 9.88. The Bertz CT molecular complexity index is 941. The van der Waals surface area contributed by atoms with E-state index in [1.54, 1.807) is 17.2 Å². The second-order valence-electron chi connectivity index (χ2n) is 9.51. The van der Waals surface area contributed by atoms with Crippen LogP contribution in [0, 0.1) is 17.8 Å². The number of hydrogen-bond acceptors (Lipinski definition) is 4. The maximum atomic E-state index is 13.0. The molecule has 1 aromatic carbocycles. The van der Waals surface area contributed by atoms with Crippen molar-refractivity contribution < 1.29 is 18.8 Å². The Morgan fingerprint density at radius 1 is 1.06 bits per heavy atom. The summed E-state index contributed by atoms with van der Waals surface area (Å²) in [5.41, 5.74) is 2.02. The third-order valence-corrected chi connectivity index (χ3v) is 6.55. The van der Waals surface area contributed by atoms with Crippen LogP contribution in [0.4, 0.5) is 0 Å². The van der Waals surface area contributed by atoms with Crippen LogP contribution < -0.4 is 0 Å². The molecule has 2 fully saturated rings. The zero-order valence-corrected chi connectivity index (χ0v) is 19.0. The highest BCUT2D eigenvalue weighted by atomic mass is 16.3. The Hall–Kier alpha value is -2.89. The van der Waals surface area contributed by atoms with E-state index in [1.165, 1.54) is 5.56 Å². The van der Waals surface area contributed by atoms with E-state index in [-0.39, 0.29) is 35.9 Å². The number of amides is 2. The van der Waals surface area contributed by atoms with Crippen LogP contribution in [-0.4, -0.2) is 47.0 Å². The number of carbonyl (C=O) groups excluding carboxylic acids is 3. The maximum absolute atomic E-state index is 13.0. The van der Waals surface area contributed by atoms with Gasteiger partial charge in [-0.05, 0) is 42.9 Å². The van der Waals surface area contributed by atoms with Crippen LogP contribution in [0.3, 0.4) is 0 Å². The lowest BCUT2D eigenvalue weighted by Crippen LogP contribution is -2.43. The van der Waals surface area contributed by atoms with Crippen molar-refractivity contribution in [2.45, 2.75) is 46.1 Å². The summed E-state index contributed by atoms with van der Waals surface area (Å²) < 4.78 is 5.33. The molecule has 4 rings (SSSR count). The number of Topliss-reactive ketones (excluding diaryl/α,β-unsaturated/α-hetero) is 1. The lowest BCUT2D eigenvalue weighted by molar-refractivity contribution is -0.137. The largest absolute Gasteiger partial charge is 0.467 e. The van der Waals surface area contributed by atoms with Gasteiger partial charge in [0.25, 0.3) is 0 Å². The van der Waals surface area contributed by atoms with Crippen LogP contribution >= 0.6 is 0 Å². The van der Waals surface area contributed by atoms with E-state index in [1.807, 2.05) is 23.1 Å². The molecule has 0 bridgehead atoms. The highest BCUT2D eigenvalue weighted by Gasteiger charge is 2.38. The standard InChI is InChI=1S/C26H32N2O4/c1-18(2)14-19-5-7-20(8-6-19)25(30)21-9-11-27(12-10-21)26(31)22-15-24(29)28(16-22)17-23-4-3-13-32-23/h3-8,13,18,21-22H,9-12,14-17H2,1-2H3. The number of likely N-dealkylation sites (tertiary alicyclic amines) is 2. The number of carbonyl (C=O) groups is 3. The monoisotopic (exact) mass is 436 g/mol. The van der Waals surface area contributed by atoms with E-state index in [0.717, 1.165) is 17.7 Å². The van der Waals surface area contributed by atoms with Gasteiger partial charge in [-0.15, -0.1) is 0 Å². The van der Waals surface area contributed by atoms with Gasteiger partial charge in [-0.3, -0.25) is 14.4 Å². The quantitative estimate of drug-likeness (QED) is 0.616. The Balaban J connectivity index is 1.28. The Kier molecular flexibility index (Phi) is 6.77. The molecule has 32 heavy (non-hydrogen) atoms. The number of nitrogens with zero attached hydrogens (tertiary/aromatic N) is 2. The Morgan fingerprint density at radius 3 is 2.41 bits per heavy atom. The maximum Gasteiger partial charge on any atom is 0.227 e. The molecule has 2 saturated heterocycles. The number of rotatable bonds is 7. The highest BCUT2D eigenvalue weighted by molar-refractivity contribution is 5.98. The van der Waals surface area contributed by atoms with Crippen molar-refractivity contribution in [1.82, 2.24) is 9.80 Å². The van der Waals surface area contributed by atoms with Gasteiger partial charge in [-0.2, -0.15) is 0 Å². The predicted octanol–water partition coefficient (Wildman–Crippen LogP) is 3.95.